The van der Waals surface area contributed by atoms with E-state index in [1.807, 2.05) is 0 Å². The highest BCUT2D eigenvalue weighted by atomic mass is 32.2. The highest BCUT2D eigenvalue weighted by Gasteiger charge is 2.33. The van der Waals surface area contributed by atoms with E-state index in [0.29, 0.717) is 5.56 Å². The van der Waals surface area contributed by atoms with Crippen LogP contribution in [-0.4, -0.2) is 12.3 Å². The fourth-order valence-corrected chi connectivity index (χ4v) is 2.22. The smallest absolute Gasteiger partial charge is 0.403 e. The van der Waals surface area contributed by atoms with Crippen LogP contribution in [0.2, 0.25) is 0 Å². The summed E-state index contributed by atoms with van der Waals surface area (Å²) in [6.07, 6.45) is -3.41. The summed E-state index contributed by atoms with van der Waals surface area (Å²) in [6.45, 7) is 0. The van der Waals surface area contributed by atoms with E-state index >= 15 is 0 Å². The summed E-state index contributed by atoms with van der Waals surface area (Å²) in [7, 11) is 0. The average molecular weight is 305 g/mol. The Morgan fingerprint density at radius 1 is 1.45 bits per heavy atom. The molecule has 3 N–H and O–H groups in total. The molecule has 2 rings (SSSR count). The lowest BCUT2D eigenvalue weighted by Crippen LogP contribution is -2.25. The average Bonchev–Trinajstić information content (AvgIpc) is 2.79. The first-order chi connectivity index (χ1) is 9.35. The number of primary amides is 1. The summed E-state index contributed by atoms with van der Waals surface area (Å²) < 4.78 is 42.7. The molecule has 0 saturated carbocycles. The molecule has 0 radical (unpaired) electrons. The molecule has 1 heterocycles. The van der Waals surface area contributed by atoms with Crippen molar-refractivity contribution in [3.05, 3.63) is 35.4 Å². The molecular formula is C11H10F3N3O2S. The Morgan fingerprint density at radius 2 is 2.20 bits per heavy atom. The lowest BCUT2D eigenvalue weighted by atomic mass is 10.1. The first kappa shape index (κ1) is 14.4. The number of halogens is 3. The predicted octanol–water partition coefficient (Wildman–Crippen LogP) is 2.06. The van der Waals surface area contributed by atoms with E-state index in [1.165, 1.54) is 16.5 Å². The van der Waals surface area contributed by atoms with E-state index in [4.69, 9.17) is 5.73 Å². The van der Waals surface area contributed by atoms with Gasteiger partial charge >= 0.3 is 6.36 Å². The molecular weight excluding hydrogens is 295 g/mol. The van der Waals surface area contributed by atoms with Crippen molar-refractivity contribution in [3.63, 3.8) is 0 Å². The largest absolute Gasteiger partial charge is 0.573 e. The van der Waals surface area contributed by atoms with Crippen LogP contribution in [0.5, 0.6) is 5.75 Å². The fourth-order valence-electron chi connectivity index (χ4n) is 1.59. The minimum atomic E-state index is -4.82. The lowest BCUT2D eigenvalue weighted by molar-refractivity contribution is -0.274. The SMILES string of the molecule is NC(=O)Cc1ccc(N2NC=CS2)c(OC(F)(F)F)c1. The van der Waals surface area contributed by atoms with Crippen LogP contribution >= 0.6 is 11.9 Å². The molecule has 0 fully saturated rings. The van der Waals surface area contributed by atoms with E-state index in [0.717, 1.165) is 18.0 Å². The lowest BCUT2D eigenvalue weighted by Gasteiger charge is -2.21. The van der Waals surface area contributed by atoms with Gasteiger partial charge in [0, 0.05) is 23.6 Å². The van der Waals surface area contributed by atoms with Crippen LogP contribution in [0.15, 0.2) is 29.8 Å². The normalized spacial score (nSPS) is 14.2. The highest BCUT2D eigenvalue weighted by molar-refractivity contribution is 8.03. The Labute approximate surface area is 116 Å². The van der Waals surface area contributed by atoms with Gasteiger partial charge < -0.3 is 10.5 Å². The van der Waals surface area contributed by atoms with E-state index in [2.05, 4.69) is 10.2 Å². The number of alkyl halides is 3. The molecule has 9 heteroatoms. The van der Waals surface area contributed by atoms with Crippen LogP contribution in [-0.2, 0) is 11.2 Å². The van der Waals surface area contributed by atoms with Crippen molar-refractivity contribution in [1.82, 2.24) is 5.43 Å². The van der Waals surface area contributed by atoms with E-state index < -0.39 is 18.0 Å². The number of amides is 1. The van der Waals surface area contributed by atoms with Gasteiger partial charge in [0.15, 0.2) is 5.75 Å². The number of benzene rings is 1. The molecule has 108 valence electrons. The van der Waals surface area contributed by atoms with Gasteiger partial charge in [0.25, 0.3) is 0 Å². The molecule has 1 aliphatic rings. The quantitative estimate of drug-likeness (QED) is 0.833. The first-order valence-electron chi connectivity index (χ1n) is 5.40. The zero-order chi connectivity index (χ0) is 14.8. The number of nitrogens with one attached hydrogen (secondary N) is 1. The maximum absolute atomic E-state index is 12.4. The number of anilines is 1. The van der Waals surface area contributed by atoms with Crippen molar-refractivity contribution in [2.45, 2.75) is 12.8 Å². The third kappa shape index (κ3) is 3.73. The van der Waals surface area contributed by atoms with Gasteiger partial charge in [-0.15, -0.1) is 13.2 Å². The molecule has 0 atom stereocenters. The van der Waals surface area contributed by atoms with Gasteiger partial charge in [-0.1, -0.05) is 6.07 Å². The number of carbonyl (C=O) groups is 1. The van der Waals surface area contributed by atoms with Crippen LogP contribution < -0.4 is 20.3 Å². The van der Waals surface area contributed by atoms with Gasteiger partial charge in [-0.3, -0.25) is 10.2 Å². The van der Waals surface area contributed by atoms with Gasteiger partial charge in [-0.05, 0) is 17.7 Å². The molecule has 1 amide bonds. The summed E-state index contributed by atoms with van der Waals surface area (Å²) in [6, 6.07) is 4.09. The van der Waals surface area contributed by atoms with E-state index in [-0.39, 0.29) is 12.1 Å². The van der Waals surface area contributed by atoms with Crippen LogP contribution in [0, 0.1) is 0 Å². The number of rotatable bonds is 4. The Balaban J connectivity index is 2.32. The van der Waals surface area contributed by atoms with Crippen LogP contribution in [0.3, 0.4) is 0 Å². The third-order valence-electron chi connectivity index (χ3n) is 2.27. The first-order valence-corrected chi connectivity index (χ1v) is 6.24. The summed E-state index contributed by atoms with van der Waals surface area (Å²) in [5.41, 5.74) is 8.29. The van der Waals surface area contributed by atoms with Crippen LogP contribution in [0.4, 0.5) is 18.9 Å². The topological polar surface area (TPSA) is 67.6 Å². The second-order valence-electron chi connectivity index (χ2n) is 3.82. The number of hydrogen-bond acceptors (Lipinski definition) is 5. The zero-order valence-corrected chi connectivity index (χ0v) is 10.8. The predicted molar refractivity (Wildman–Crippen MR) is 68.4 cm³/mol. The second-order valence-corrected chi connectivity index (χ2v) is 4.67. The fraction of sp³-hybridized carbons (Fsp3) is 0.182. The van der Waals surface area contributed by atoms with Crippen molar-refractivity contribution in [2.24, 2.45) is 5.73 Å². The van der Waals surface area contributed by atoms with Gasteiger partial charge in [-0.25, -0.2) is 4.41 Å². The molecule has 1 aromatic carbocycles. The molecule has 0 aliphatic carbocycles. The standard InChI is InChI=1S/C11H10F3N3O2S/c12-11(13,14)19-9-5-7(6-10(15)18)1-2-8(9)17-16-3-4-20-17/h1-5,16H,6H2,(H2,15,18). The number of hydrazine groups is 1. The van der Waals surface area contributed by atoms with Crippen LogP contribution in [0.25, 0.3) is 0 Å². The number of hydrogen-bond donors (Lipinski definition) is 2. The summed E-state index contributed by atoms with van der Waals surface area (Å²) in [5.74, 6) is -1.04. The van der Waals surface area contributed by atoms with Gasteiger partial charge in [-0.2, -0.15) is 0 Å². The molecule has 1 aromatic rings. The molecule has 0 saturated heterocycles. The Hall–Kier alpha value is -2.03. The number of nitrogens with two attached hydrogens (primary N) is 1. The molecule has 0 unspecified atom stereocenters. The monoisotopic (exact) mass is 305 g/mol. The maximum Gasteiger partial charge on any atom is 0.573 e. The van der Waals surface area contributed by atoms with Gasteiger partial charge in [0.2, 0.25) is 5.91 Å². The Morgan fingerprint density at radius 3 is 2.75 bits per heavy atom. The Kier molecular flexibility index (Phi) is 3.98. The minimum absolute atomic E-state index is 0.159. The minimum Gasteiger partial charge on any atom is -0.403 e. The van der Waals surface area contributed by atoms with Gasteiger partial charge in [0.05, 0.1) is 6.42 Å². The van der Waals surface area contributed by atoms with E-state index in [9.17, 15) is 18.0 Å². The van der Waals surface area contributed by atoms with Gasteiger partial charge in [0.1, 0.15) is 5.69 Å². The molecule has 0 aromatic heterocycles. The highest BCUT2D eigenvalue weighted by Crippen LogP contribution is 2.37. The van der Waals surface area contributed by atoms with Crippen molar-refractivity contribution < 1.29 is 22.7 Å². The zero-order valence-electron chi connectivity index (χ0n) is 9.98. The molecule has 5 nitrogen and oxygen atoms in total. The summed E-state index contributed by atoms with van der Waals surface area (Å²) in [4.78, 5) is 10.8. The van der Waals surface area contributed by atoms with Crippen LogP contribution in [0.1, 0.15) is 5.56 Å². The molecule has 0 bridgehead atoms. The molecule has 1 aliphatic heterocycles. The number of ether oxygens (including phenoxy) is 1. The summed E-state index contributed by atoms with van der Waals surface area (Å²) in [5, 5.41) is 1.66. The molecule has 0 spiro atoms. The van der Waals surface area contributed by atoms with Crippen molar-refractivity contribution in [1.29, 1.82) is 0 Å². The number of nitrogens with zero attached hydrogens (tertiary/aromatic N) is 1. The molecule has 20 heavy (non-hydrogen) atoms. The van der Waals surface area contributed by atoms with E-state index in [1.54, 1.807) is 11.6 Å². The Bertz CT molecular complexity index is 540. The number of carbonyl (C=O) groups excluding carboxylic acids is 1. The van der Waals surface area contributed by atoms with Crippen molar-refractivity contribution in [2.75, 3.05) is 4.41 Å². The maximum atomic E-state index is 12.4. The van der Waals surface area contributed by atoms with Crippen molar-refractivity contribution >= 4 is 23.5 Å². The third-order valence-corrected chi connectivity index (χ3v) is 3.04. The summed E-state index contributed by atoms with van der Waals surface area (Å²) >= 11 is 1.16. The van der Waals surface area contributed by atoms with Crippen molar-refractivity contribution in [3.8, 4) is 5.75 Å². The second kappa shape index (κ2) is 5.53.